The van der Waals surface area contributed by atoms with E-state index in [0.717, 1.165) is 19.8 Å². The van der Waals surface area contributed by atoms with Crippen LogP contribution >= 0.6 is 12.4 Å². The summed E-state index contributed by atoms with van der Waals surface area (Å²) >= 11 is 0. The molecular formula is C5H13ClN2O. The zero-order valence-corrected chi connectivity index (χ0v) is 6.32. The Morgan fingerprint density at radius 1 is 1.67 bits per heavy atom. The first-order chi connectivity index (χ1) is 3.80. The fourth-order valence-corrected chi connectivity index (χ4v) is 0.843. The van der Waals surface area contributed by atoms with Crippen molar-refractivity contribution in [3.05, 3.63) is 0 Å². The number of rotatable bonds is 1. The predicted molar refractivity (Wildman–Crippen MR) is 38.5 cm³/mol. The molecule has 0 aromatic rings. The monoisotopic (exact) mass is 152 g/mol. The van der Waals surface area contributed by atoms with Crippen LogP contribution in [-0.2, 0) is 0 Å². The Bertz CT molecular complexity index is 73.4. The second-order valence-corrected chi connectivity index (χ2v) is 2.10. The number of aliphatic hydroxyl groups is 1. The highest BCUT2D eigenvalue weighted by Crippen LogP contribution is 1.95. The van der Waals surface area contributed by atoms with E-state index in [2.05, 4.69) is 5.32 Å². The summed E-state index contributed by atoms with van der Waals surface area (Å²) in [4.78, 5) is 1.97. The zero-order valence-electron chi connectivity index (χ0n) is 5.50. The Morgan fingerprint density at radius 3 is 2.56 bits per heavy atom. The molecule has 1 fully saturated rings. The zero-order chi connectivity index (χ0) is 5.98. The highest BCUT2D eigenvalue weighted by Gasteiger charge is 2.13. The molecule has 1 atom stereocenters. The minimum atomic E-state index is -0.287. The van der Waals surface area contributed by atoms with Crippen molar-refractivity contribution in [3.8, 4) is 0 Å². The maximum Gasteiger partial charge on any atom is 0.105 e. The van der Waals surface area contributed by atoms with Crippen LogP contribution in [0.25, 0.3) is 0 Å². The molecule has 1 saturated heterocycles. The summed E-state index contributed by atoms with van der Waals surface area (Å²) in [6.45, 7) is 4.59. The minimum Gasteiger partial charge on any atom is -0.379 e. The molecule has 0 amide bonds. The summed E-state index contributed by atoms with van der Waals surface area (Å²) in [5, 5.41) is 12.1. The van der Waals surface area contributed by atoms with Crippen LogP contribution in [0.1, 0.15) is 6.92 Å². The van der Waals surface area contributed by atoms with Crippen LogP contribution in [0, 0.1) is 0 Å². The van der Waals surface area contributed by atoms with E-state index in [0.29, 0.717) is 0 Å². The summed E-state index contributed by atoms with van der Waals surface area (Å²) < 4.78 is 0. The van der Waals surface area contributed by atoms with Crippen LogP contribution in [0.3, 0.4) is 0 Å². The smallest absolute Gasteiger partial charge is 0.105 e. The van der Waals surface area contributed by atoms with Gasteiger partial charge in [-0.15, -0.1) is 12.4 Å². The van der Waals surface area contributed by atoms with Crippen LogP contribution in [0.15, 0.2) is 0 Å². The number of hydrogen-bond donors (Lipinski definition) is 2. The lowest BCUT2D eigenvalue weighted by Gasteiger charge is -2.16. The number of halogens is 1. The molecule has 1 aliphatic heterocycles. The van der Waals surface area contributed by atoms with Crippen molar-refractivity contribution >= 4 is 12.4 Å². The normalized spacial score (nSPS) is 23.3. The van der Waals surface area contributed by atoms with E-state index in [1.54, 1.807) is 6.92 Å². The van der Waals surface area contributed by atoms with Crippen molar-refractivity contribution in [1.29, 1.82) is 0 Å². The van der Waals surface area contributed by atoms with Crippen molar-refractivity contribution in [2.45, 2.75) is 13.2 Å². The molecule has 1 unspecified atom stereocenters. The van der Waals surface area contributed by atoms with Gasteiger partial charge in [0.15, 0.2) is 0 Å². The molecule has 0 radical (unpaired) electrons. The van der Waals surface area contributed by atoms with Gasteiger partial charge >= 0.3 is 0 Å². The molecule has 0 bridgehead atoms. The van der Waals surface area contributed by atoms with E-state index in [-0.39, 0.29) is 18.6 Å². The number of aliphatic hydroxyl groups excluding tert-OH is 1. The van der Waals surface area contributed by atoms with Crippen LogP contribution < -0.4 is 5.32 Å². The standard InChI is InChI=1S/C5H12N2O.ClH/c1-5(8)7-3-2-6-4-7;/h5-6,8H,2-4H2,1H3;1H. The van der Waals surface area contributed by atoms with Gasteiger partial charge in [0.2, 0.25) is 0 Å². The minimum absolute atomic E-state index is 0. The molecule has 1 heterocycles. The Morgan fingerprint density at radius 2 is 2.33 bits per heavy atom. The van der Waals surface area contributed by atoms with E-state index in [4.69, 9.17) is 5.11 Å². The molecule has 0 aliphatic carbocycles. The lowest BCUT2D eigenvalue weighted by molar-refractivity contribution is 0.0360. The highest BCUT2D eigenvalue weighted by atomic mass is 35.5. The average Bonchev–Trinajstić information content (AvgIpc) is 2.12. The van der Waals surface area contributed by atoms with E-state index >= 15 is 0 Å². The van der Waals surface area contributed by atoms with Crippen LogP contribution in [0.5, 0.6) is 0 Å². The highest BCUT2D eigenvalue weighted by molar-refractivity contribution is 5.85. The molecule has 1 aliphatic rings. The van der Waals surface area contributed by atoms with Crippen molar-refractivity contribution in [2.75, 3.05) is 19.8 Å². The van der Waals surface area contributed by atoms with Crippen molar-refractivity contribution in [2.24, 2.45) is 0 Å². The van der Waals surface area contributed by atoms with Gasteiger partial charge in [-0.05, 0) is 6.92 Å². The number of nitrogens with zero attached hydrogens (tertiary/aromatic N) is 1. The fourth-order valence-electron chi connectivity index (χ4n) is 0.843. The van der Waals surface area contributed by atoms with Crippen molar-refractivity contribution in [1.82, 2.24) is 10.2 Å². The quantitative estimate of drug-likeness (QED) is 0.537. The molecule has 3 nitrogen and oxygen atoms in total. The second-order valence-electron chi connectivity index (χ2n) is 2.10. The van der Waals surface area contributed by atoms with Crippen LogP contribution in [0.4, 0.5) is 0 Å². The Kier molecular flexibility index (Phi) is 4.14. The molecule has 9 heavy (non-hydrogen) atoms. The van der Waals surface area contributed by atoms with E-state index in [9.17, 15) is 0 Å². The van der Waals surface area contributed by atoms with Gasteiger partial charge in [0, 0.05) is 13.1 Å². The molecule has 56 valence electrons. The van der Waals surface area contributed by atoms with E-state index in [1.807, 2.05) is 4.90 Å². The van der Waals surface area contributed by atoms with E-state index < -0.39 is 0 Å². The first kappa shape index (κ1) is 9.17. The molecule has 2 N–H and O–H groups in total. The largest absolute Gasteiger partial charge is 0.379 e. The van der Waals surface area contributed by atoms with Gasteiger partial charge in [0.1, 0.15) is 6.23 Å². The summed E-state index contributed by atoms with van der Waals surface area (Å²) in [5.74, 6) is 0. The van der Waals surface area contributed by atoms with Gasteiger partial charge < -0.3 is 10.4 Å². The van der Waals surface area contributed by atoms with Gasteiger partial charge in [-0.25, -0.2) is 0 Å². The summed E-state index contributed by atoms with van der Waals surface area (Å²) in [7, 11) is 0. The molecule has 0 aromatic carbocycles. The van der Waals surface area contributed by atoms with Crippen molar-refractivity contribution < 1.29 is 5.11 Å². The third-order valence-electron chi connectivity index (χ3n) is 1.42. The molecule has 0 spiro atoms. The third-order valence-corrected chi connectivity index (χ3v) is 1.42. The Labute approximate surface area is 61.5 Å². The van der Waals surface area contributed by atoms with Crippen LogP contribution in [0.2, 0.25) is 0 Å². The summed E-state index contributed by atoms with van der Waals surface area (Å²) in [6.07, 6.45) is -0.287. The van der Waals surface area contributed by atoms with Crippen molar-refractivity contribution in [3.63, 3.8) is 0 Å². The third kappa shape index (κ3) is 2.49. The lowest BCUT2D eigenvalue weighted by atomic mass is 10.5. The molecule has 4 heteroatoms. The molecule has 0 aromatic heterocycles. The van der Waals surface area contributed by atoms with Gasteiger partial charge in [-0.2, -0.15) is 0 Å². The average molecular weight is 153 g/mol. The molecule has 1 rings (SSSR count). The van der Waals surface area contributed by atoms with Gasteiger partial charge in [-0.1, -0.05) is 0 Å². The van der Waals surface area contributed by atoms with Crippen LogP contribution in [-0.4, -0.2) is 36.0 Å². The second kappa shape index (κ2) is 4.06. The van der Waals surface area contributed by atoms with Gasteiger partial charge in [0.25, 0.3) is 0 Å². The summed E-state index contributed by atoms with van der Waals surface area (Å²) in [6, 6.07) is 0. The van der Waals surface area contributed by atoms with E-state index in [1.165, 1.54) is 0 Å². The summed E-state index contributed by atoms with van der Waals surface area (Å²) in [5.41, 5.74) is 0. The van der Waals surface area contributed by atoms with Gasteiger partial charge in [0.05, 0.1) is 6.67 Å². The van der Waals surface area contributed by atoms with Gasteiger partial charge in [-0.3, -0.25) is 4.90 Å². The molecular weight excluding hydrogens is 140 g/mol. The maximum absolute atomic E-state index is 8.94. The Balaban J connectivity index is 0.000000640. The number of nitrogens with one attached hydrogen (secondary N) is 1. The first-order valence-corrected chi connectivity index (χ1v) is 2.93. The Hall–Kier alpha value is 0.170. The first-order valence-electron chi connectivity index (χ1n) is 2.93. The fraction of sp³-hybridized carbons (Fsp3) is 1.00. The SMILES string of the molecule is CC(O)N1CCNC1.Cl. The lowest BCUT2D eigenvalue weighted by Crippen LogP contribution is -2.31. The molecule has 0 saturated carbocycles. The maximum atomic E-state index is 8.94. The number of hydrogen-bond acceptors (Lipinski definition) is 3. The topological polar surface area (TPSA) is 35.5 Å². The predicted octanol–water partition coefficient (Wildman–Crippen LogP) is -0.391.